The Kier molecular flexibility index (Phi) is 7.38. The molecule has 2 aliphatic rings. The topological polar surface area (TPSA) is 113 Å². The normalized spacial score (nSPS) is 19.4. The average molecular weight is 460 g/mol. The van der Waals surface area contributed by atoms with Gasteiger partial charge in [0.2, 0.25) is 26.0 Å². The van der Waals surface area contributed by atoms with Gasteiger partial charge in [-0.25, -0.2) is 16.8 Å². The lowest BCUT2D eigenvalue weighted by atomic mass is 9.95. The first kappa shape index (κ1) is 23.0. The molecule has 11 heteroatoms. The van der Waals surface area contributed by atoms with Gasteiger partial charge >= 0.3 is 0 Å². The van der Waals surface area contributed by atoms with Gasteiger partial charge in [-0.3, -0.25) is 9.10 Å². The third-order valence-corrected chi connectivity index (χ3v) is 8.44. The molecule has 2 fully saturated rings. The maximum Gasteiger partial charge on any atom is 0.243 e. The number of rotatable bonds is 7. The number of amides is 1. The van der Waals surface area contributed by atoms with E-state index in [1.54, 1.807) is 0 Å². The smallest absolute Gasteiger partial charge is 0.243 e. The summed E-state index contributed by atoms with van der Waals surface area (Å²) in [6.07, 6.45) is 6.10. The number of carbonyl (C=O) groups excluding carboxylic acids is 1. The number of anilines is 1. The molecule has 0 spiro atoms. The summed E-state index contributed by atoms with van der Waals surface area (Å²) in [5, 5.41) is 2.91. The largest absolute Gasteiger partial charge is 0.379 e. The Morgan fingerprint density at radius 1 is 1.07 bits per heavy atom. The van der Waals surface area contributed by atoms with E-state index in [9.17, 15) is 21.6 Å². The number of nitrogens with zero attached hydrogens (tertiary/aromatic N) is 2. The predicted octanol–water partition coefficient (Wildman–Crippen LogP) is 0.922. The van der Waals surface area contributed by atoms with Gasteiger partial charge in [0.25, 0.3) is 0 Å². The third-order valence-electron chi connectivity index (χ3n) is 5.39. The van der Waals surface area contributed by atoms with Crippen LogP contribution in [-0.4, -0.2) is 72.2 Å². The van der Waals surface area contributed by atoms with Gasteiger partial charge in [0.15, 0.2) is 0 Å². The molecule has 1 aromatic rings. The van der Waals surface area contributed by atoms with Crippen LogP contribution in [0.4, 0.5) is 5.69 Å². The van der Waals surface area contributed by atoms with Gasteiger partial charge in [0.1, 0.15) is 6.54 Å². The molecular weight excluding hydrogens is 430 g/mol. The highest BCUT2D eigenvalue weighted by Crippen LogP contribution is 2.23. The van der Waals surface area contributed by atoms with Crippen LogP contribution in [0.15, 0.2) is 29.2 Å². The summed E-state index contributed by atoms with van der Waals surface area (Å²) < 4.78 is 57.6. The Morgan fingerprint density at radius 3 is 2.23 bits per heavy atom. The van der Waals surface area contributed by atoms with Gasteiger partial charge in [0, 0.05) is 19.1 Å². The molecule has 0 aromatic heterocycles. The van der Waals surface area contributed by atoms with Crippen LogP contribution in [0.5, 0.6) is 0 Å². The van der Waals surface area contributed by atoms with Crippen LogP contribution in [0, 0.1) is 0 Å². The first-order valence-corrected chi connectivity index (χ1v) is 13.4. The average Bonchev–Trinajstić information content (AvgIpc) is 2.73. The first-order chi connectivity index (χ1) is 14.2. The molecule has 1 saturated heterocycles. The fraction of sp³-hybridized carbons (Fsp3) is 0.632. The van der Waals surface area contributed by atoms with Gasteiger partial charge in [-0.15, -0.1) is 0 Å². The summed E-state index contributed by atoms with van der Waals surface area (Å²) in [4.78, 5) is 12.5. The van der Waals surface area contributed by atoms with Gasteiger partial charge in [-0.1, -0.05) is 19.3 Å². The zero-order valence-corrected chi connectivity index (χ0v) is 18.8. The molecule has 9 nitrogen and oxygen atoms in total. The molecule has 1 heterocycles. The Balaban J connectivity index is 1.74. The second kappa shape index (κ2) is 9.63. The predicted molar refractivity (Wildman–Crippen MR) is 113 cm³/mol. The number of morpholine rings is 1. The van der Waals surface area contributed by atoms with E-state index >= 15 is 0 Å². The lowest BCUT2D eigenvalue weighted by Gasteiger charge is -2.27. The summed E-state index contributed by atoms with van der Waals surface area (Å²) in [6.45, 7) is 0.900. The number of carbonyl (C=O) groups is 1. The third kappa shape index (κ3) is 5.71. The lowest BCUT2D eigenvalue weighted by molar-refractivity contribution is -0.120. The zero-order valence-electron chi connectivity index (χ0n) is 17.1. The van der Waals surface area contributed by atoms with E-state index < -0.39 is 20.0 Å². The van der Waals surface area contributed by atoms with Gasteiger partial charge in [-0.2, -0.15) is 4.31 Å². The molecule has 0 bridgehead atoms. The van der Waals surface area contributed by atoms with E-state index in [1.807, 2.05) is 0 Å². The molecule has 30 heavy (non-hydrogen) atoms. The fourth-order valence-electron chi connectivity index (χ4n) is 3.77. The van der Waals surface area contributed by atoms with Crippen molar-refractivity contribution >= 4 is 31.6 Å². The van der Waals surface area contributed by atoms with Gasteiger partial charge < -0.3 is 10.1 Å². The number of hydrogen-bond donors (Lipinski definition) is 1. The van der Waals surface area contributed by atoms with Crippen LogP contribution in [0.25, 0.3) is 0 Å². The second-order valence-corrected chi connectivity index (χ2v) is 11.5. The SMILES string of the molecule is CS(=O)(=O)N(CC(=O)NC1CCCCC1)c1ccc(S(=O)(=O)N2CCOCC2)cc1. The van der Waals surface area contributed by atoms with E-state index in [0.29, 0.717) is 13.2 Å². The first-order valence-electron chi connectivity index (χ1n) is 10.1. The highest BCUT2D eigenvalue weighted by molar-refractivity contribution is 7.92. The van der Waals surface area contributed by atoms with E-state index in [0.717, 1.165) is 42.7 Å². The van der Waals surface area contributed by atoms with E-state index in [1.165, 1.54) is 28.6 Å². The number of nitrogens with one attached hydrogen (secondary N) is 1. The lowest BCUT2D eigenvalue weighted by Crippen LogP contribution is -2.44. The maximum atomic E-state index is 12.7. The number of benzene rings is 1. The molecular formula is C19H29N3O6S2. The number of ether oxygens (including phenoxy) is 1. The second-order valence-electron chi connectivity index (χ2n) is 7.68. The Bertz CT molecular complexity index is 935. The highest BCUT2D eigenvalue weighted by atomic mass is 32.2. The molecule has 1 saturated carbocycles. The summed E-state index contributed by atoms with van der Waals surface area (Å²) in [5.74, 6) is -0.364. The van der Waals surface area contributed by atoms with Crippen molar-refractivity contribution in [3.63, 3.8) is 0 Å². The van der Waals surface area contributed by atoms with Crippen LogP contribution < -0.4 is 9.62 Å². The standard InChI is InChI=1S/C19H29N3O6S2/c1-29(24,25)22(15-19(23)20-16-5-3-2-4-6-16)17-7-9-18(10-8-17)30(26,27)21-11-13-28-14-12-21/h7-10,16H,2-6,11-15H2,1H3,(H,20,23). The van der Waals surface area contributed by atoms with Crippen LogP contribution in [0.3, 0.4) is 0 Å². The molecule has 1 aliphatic carbocycles. The molecule has 0 atom stereocenters. The minimum Gasteiger partial charge on any atom is -0.379 e. The van der Waals surface area contributed by atoms with E-state index in [4.69, 9.17) is 4.74 Å². The molecule has 1 amide bonds. The van der Waals surface area contributed by atoms with Crippen molar-refractivity contribution < 1.29 is 26.4 Å². The van der Waals surface area contributed by atoms with Crippen molar-refractivity contribution in [2.75, 3.05) is 43.4 Å². The minimum atomic E-state index is -3.73. The van der Waals surface area contributed by atoms with Crippen molar-refractivity contribution in [2.24, 2.45) is 0 Å². The van der Waals surface area contributed by atoms with Crippen molar-refractivity contribution in [1.29, 1.82) is 0 Å². The minimum absolute atomic E-state index is 0.0771. The van der Waals surface area contributed by atoms with Crippen LogP contribution in [-0.2, 0) is 29.6 Å². The molecule has 3 rings (SSSR count). The Labute approximate surface area is 178 Å². The van der Waals surface area contributed by atoms with Crippen LogP contribution in [0.1, 0.15) is 32.1 Å². The van der Waals surface area contributed by atoms with Crippen molar-refractivity contribution in [1.82, 2.24) is 9.62 Å². The quantitative estimate of drug-likeness (QED) is 0.649. The summed E-state index contributed by atoms with van der Waals surface area (Å²) in [6, 6.07) is 5.66. The molecule has 0 unspecified atom stereocenters. The monoisotopic (exact) mass is 459 g/mol. The van der Waals surface area contributed by atoms with Crippen molar-refractivity contribution in [3.8, 4) is 0 Å². The van der Waals surface area contributed by atoms with Gasteiger partial charge in [-0.05, 0) is 37.1 Å². The van der Waals surface area contributed by atoms with Crippen molar-refractivity contribution in [3.05, 3.63) is 24.3 Å². The Hall–Kier alpha value is -1.69. The highest BCUT2D eigenvalue weighted by Gasteiger charge is 2.27. The summed E-state index contributed by atoms with van der Waals surface area (Å²) in [5.41, 5.74) is 0.247. The summed E-state index contributed by atoms with van der Waals surface area (Å²) >= 11 is 0. The number of sulfonamides is 2. The molecule has 1 aromatic carbocycles. The van der Waals surface area contributed by atoms with Crippen LogP contribution >= 0.6 is 0 Å². The van der Waals surface area contributed by atoms with Gasteiger partial charge in [0.05, 0.1) is 30.1 Å². The van der Waals surface area contributed by atoms with Crippen molar-refractivity contribution in [2.45, 2.75) is 43.0 Å². The molecule has 0 radical (unpaired) electrons. The Morgan fingerprint density at radius 2 is 1.67 bits per heavy atom. The molecule has 1 aliphatic heterocycles. The molecule has 1 N–H and O–H groups in total. The van der Waals surface area contributed by atoms with Crippen LogP contribution in [0.2, 0.25) is 0 Å². The van der Waals surface area contributed by atoms with E-state index in [-0.39, 0.29) is 42.2 Å². The fourth-order valence-corrected chi connectivity index (χ4v) is 6.04. The maximum absolute atomic E-state index is 12.7. The molecule has 168 valence electrons. The number of hydrogen-bond acceptors (Lipinski definition) is 6. The van der Waals surface area contributed by atoms with E-state index in [2.05, 4.69) is 5.32 Å². The zero-order chi connectivity index (χ0) is 21.8. The summed E-state index contributed by atoms with van der Waals surface area (Å²) in [7, 11) is -7.40.